The van der Waals surface area contributed by atoms with Crippen molar-refractivity contribution < 1.29 is 22.5 Å². The van der Waals surface area contributed by atoms with E-state index in [2.05, 4.69) is 27.7 Å². The van der Waals surface area contributed by atoms with Crippen molar-refractivity contribution in [1.29, 1.82) is 0 Å². The summed E-state index contributed by atoms with van der Waals surface area (Å²) in [6.07, 6.45) is 17.9. The molecule has 2 rings (SSSR count). The number of aromatic carboxylic acids is 1. The van der Waals surface area contributed by atoms with Crippen molar-refractivity contribution in [3.8, 4) is 5.75 Å². The number of rotatable bonds is 16. The maximum Gasteiger partial charge on any atom is 0.339 e. The maximum absolute atomic E-state index is 12.1. The first-order valence-corrected chi connectivity index (χ1v) is 17.7. The van der Waals surface area contributed by atoms with Gasteiger partial charge in [0.25, 0.3) is 0 Å². The minimum absolute atomic E-state index is 0.0451. The SMILES string of the molecule is CCCC[P+](CCCC)(CCCC)CCCC.Cc1ccc(S(=O)(=O)Oc2ccccc2C(=O)[O-])cc1. The van der Waals surface area contributed by atoms with Crippen LogP contribution >= 0.6 is 7.26 Å². The molecule has 0 amide bonds. The molecule has 0 spiro atoms. The fourth-order valence-electron chi connectivity index (χ4n) is 4.22. The molecule has 2 aromatic carbocycles. The predicted molar refractivity (Wildman–Crippen MR) is 156 cm³/mol. The van der Waals surface area contributed by atoms with Gasteiger partial charge in [0.1, 0.15) is 4.90 Å². The fraction of sp³-hybridized carbons (Fsp3) is 0.567. The molecular formula is C30H47O5PS. The quantitative estimate of drug-likeness (QED) is 0.161. The van der Waals surface area contributed by atoms with Gasteiger partial charge in [-0.15, -0.1) is 0 Å². The smallest absolute Gasteiger partial charge is 0.339 e. The highest BCUT2D eigenvalue weighted by Gasteiger charge is 2.34. The van der Waals surface area contributed by atoms with Crippen LogP contribution in [-0.4, -0.2) is 39.0 Å². The Bertz CT molecular complexity index is 981. The summed E-state index contributed by atoms with van der Waals surface area (Å²) in [5, 5.41) is 10.9. The number of carboxylic acids is 1. The molecule has 0 bridgehead atoms. The van der Waals surface area contributed by atoms with Crippen LogP contribution < -0.4 is 9.29 Å². The summed E-state index contributed by atoms with van der Waals surface area (Å²) in [4.78, 5) is 10.9. The Kier molecular flexibility index (Phi) is 15.7. The van der Waals surface area contributed by atoms with Gasteiger partial charge in [0, 0.05) is 12.8 Å². The van der Waals surface area contributed by atoms with Crippen LogP contribution in [0.15, 0.2) is 53.4 Å². The van der Waals surface area contributed by atoms with Gasteiger partial charge in [-0.3, -0.25) is 0 Å². The van der Waals surface area contributed by atoms with Crippen molar-refractivity contribution in [1.82, 2.24) is 0 Å². The maximum atomic E-state index is 12.1. The molecule has 0 aromatic heterocycles. The molecular weight excluding hydrogens is 503 g/mol. The number of carboxylic acid groups (broad SMARTS) is 1. The topological polar surface area (TPSA) is 83.5 Å². The van der Waals surface area contributed by atoms with E-state index in [9.17, 15) is 18.3 Å². The minimum Gasteiger partial charge on any atom is -0.545 e. The summed E-state index contributed by atoms with van der Waals surface area (Å²) < 4.78 is 29.0. The molecule has 0 fully saturated rings. The normalized spacial score (nSPS) is 11.5. The van der Waals surface area contributed by atoms with E-state index in [1.807, 2.05) is 6.92 Å². The number of aryl methyl sites for hydroxylation is 1. The number of hydrogen-bond donors (Lipinski definition) is 0. The molecule has 0 saturated heterocycles. The Balaban J connectivity index is 0.000000377. The van der Waals surface area contributed by atoms with Gasteiger partial charge in [0.15, 0.2) is 5.75 Å². The summed E-state index contributed by atoms with van der Waals surface area (Å²) in [6.45, 7) is 11.2. The molecule has 0 aliphatic rings. The first-order chi connectivity index (χ1) is 17.6. The highest BCUT2D eigenvalue weighted by Crippen LogP contribution is 2.61. The first kappa shape index (κ1) is 33.1. The van der Waals surface area contributed by atoms with E-state index in [4.69, 9.17) is 4.18 Å². The third kappa shape index (κ3) is 12.0. The van der Waals surface area contributed by atoms with Gasteiger partial charge < -0.3 is 14.1 Å². The highest BCUT2D eigenvalue weighted by atomic mass is 32.2. The van der Waals surface area contributed by atoms with Gasteiger partial charge in [-0.25, -0.2) is 0 Å². The van der Waals surface area contributed by atoms with E-state index in [0.29, 0.717) is 0 Å². The van der Waals surface area contributed by atoms with Crippen molar-refractivity contribution in [3.63, 3.8) is 0 Å². The molecule has 0 unspecified atom stereocenters. The third-order valence-corrected chi connectivity index (χ3v) is 12.9. The molecule has 0 aliphatic heterocycles. The molecule has 0 N–H and O–H groups in total. The average Bonchev–Trinajstić information content (AvgIpc) is 2.88. The molecule has 0 heterocycles. The molecule has 2 aromatic rings. The Labute approximate surface area is 226 Å². The van der Waals surface area contributed by atoms with Crippen LogP contribution in [0.5, 0.6) is 5.75 Å². The van der Waals surface area contributed by atoms with E-state index in [0.717, 1.165) is 5.56 Å². The Hall–Kier alpha value is -1.91. The molecule has 37 heavy (non-hydrogen) atoms. The van der Waals surface area contributed by atoms with Gasteiger partial charge in [-0.2, -0.15) is 8.42 Å². The zero-order chi connectivity index (χ0) is 27.7. The number of unbranched alkanes of at least 4 members (excludes halogenated alkanes) is 4. The van der Waals surface area contributed by atoms with E-state index in [1.54, 1.807) is 36.8 Å². The Morgan fingerprint density at radius 1 is 0.757 bits per heavy atom. The van der Waals surface area contributed by atoms with E-state index >= 15 is 0 Å². The number of para-hydroxylation sites is 1. The molecule has 0 radical (unpaired) electrons. The van der Waals surface area contributed by atoms with Gasteiger partial charge in [-0.05, 0) is 56.9 Å². The van der Waals surface area contributed by atoms with Gasteiger partial charge in [0.05, 0.1) is 30.6 Å². The van der Waals surface area contributed by atoms with Gasteiger partial charge in [-0.1, -0.05) is 83.2 Å². The van der Waals surface area contributed by atoms with E-state index in [-0.39, 0.29) is 16.2 Å². The average molecular weight is 551 g/mol. The molecule has 0 saturated carbocycles. The molecule has 7 heteroatoms. The number of benzene rings is 2. The number of hydrogen-bond acceptors (Lipinski definition) is 5. The number of carbonyl (C=O) groups excluding carboxylic acids is 1. The Morgan fingerprint density at radius 2 is 1.19 bits per heavy atom. The lowest BCUT2D eigenvalue weighted by Crippen LogP contribution is -2.23. The summed E-state index contributed by atoms with van der Waals surface area (Å²) in [5.41, 5.74) is 0.585. The monoisotopic (exact) mass is 550 g/mol. The lowest BCUT2D eigenvalue weighted by molar-refractivity contribution is -0.255. The van der Waals surface area contributed by atoms with Crippen LogP contribution in [0, 0.1) is 6.92 Å². The summed E-state index contributed by atoms with van der Waals surface area (Å²) in [7, 11) is -4.64. The van der Waals surface area contributed by atoms with Crippen molar-refractivity contribution in [2.24, 2.45) is 0 Å². The Morgan fingerprint density at radius 3 is 1.59 bits per heavy atom. The van der Waals surface area contributed by atoms with E-state index in [1.165, 1.54) is 87.8 Å². The lowest BCUT2D eigenvalue weighted by Gasteiger charge is -2.28. The summed E-state index contributed by atoms with van der Waals surface area (Å²) in [6, 6.07) is 11.5. The highest BCUT2D eigenvalue weighted by molar-refractivity contribution is 7.87. The predicted octanol–water partition coefficient (Wildman–Crippen LogP) is 7.33. The van der Waals surface area contributed by atoms with Crippen LogP contribution in [0.1, 0.15) is 95.0 Å². The second-order valence-electron chi connectivity index (χ2n) is 9.78. The summed E-state index contributed by atoms with van der Waals surface area (Å²) in [5.74, 6) is -1.77. The molecule has 5 nitrogen and oxygen atoms in total. The minimum atomic E-state index is -4.08. The van der Waals surface area contributed by atoms with Gasteiger partial charge in [0.2, 0.25) is 0 Å². The van der Waals surface area contributed by atoms with Crippen molar-refractivity contribution in [2.75, 3.05) is 24.6 Å². The standard InChI is InChI=1S/C16H36P.C14H12O5S/c1-5-9-13-17(14-10-6-2,15-11-7-3)16-12-8-4;1-10-6-8-11(9-7-10)20(17,18)19-13-5-3-2-4-12(13)14(15)16/h5-16H2,1-4H3;2-9H,1H3,(H,15,16)/q+1;/p-1. The largest absolute Gasteiger partial charge is 0.545 e. The van der Waals surface area contributed by atoms with Crippen LogP contribution in [0.2, 0.25) is 0 Å². The van der Waals surface area contributed by atoms with Crippen molar-refractivity contribution in [3.05, 3.63) is 59.7 Å². The van der Waals surface area contributed by atoms with Crippen LogP contribution in [0.25, 0.3) is 0 Å². The number of carbonyl (C=O) groups is 1. The third-order valence-electron chi connectivity index (χ3n) is 6.56. The van der Waals surface area contributed by atoms with Gasteiger partial charge >= 0.3 is 10.1 Å². The zero-order valence-corrected chi connectivity index (χ0v) is 25.2. The zero-order valence-electron chi connectivity index (χ0n) is 23.5. The first-order valence-electron chi connectivity index (χ1n) is 13.8. The fourth-order valence-corrected chi connectivity index (χ4v) is 10.5. The van der Waals surface area contributed by atoms with Crippen LogP contribution in [0.3, 0.4) is 0 Å². The molecule has 0 atom stereocenters. The second kappa shape index (κ2) is 17.6. The molecule has 208 valence electrons. The van der Waals surface area contributed by atoms with E-state index < -0.39 is 23.3 Å². The second-order valence-corrected chi connectivity index (χ2v) is 15.8. The lowest BCUT2D eigenvalue weighted by atomic mass is 10.2. The summed E-state index contributed by atoms with van der Waals surface area (Å²) >= 11 is 0. The van der Waals surface area contributed by atoms with Crippen molar-refractivity contribution >= 4 is 23.3 Å². The van der Waals surface area contributed by atoms with Crippen molar-refractivity contribution in [2.45, 2.75) is 90.9 Å². The molecule has 0 aliphatic carbocycles. The van der Waals surface area contributed by atoms with Crippen LogP contribution in [-0.2, 0) is 10.1 Å². The van der Waals surface area contributed by atoms with Crippen LogP contribution in [0.4, 0.5) is 0 Å².